The van der Waals surface area contributed by atoms with Crippen LogP contribution in [0.3, 0.4) is 0 Å². The first-order valence-corrected chi connectivity index (χ1v) is 8.73. The van der Waals surface area contributed by atoms with Crippen molar-refractivity contribution in [3.63, 3.8) is 0 Å². The lowest BCUT2D eigenvalue weighted by atomic mass is 10.1. The average Bonchev–Trinajstić information content (AvgIpc) is 2.14. The molecule has 0 atom stereocenters. The molecule has 1 rings (SSSR count). The van der Waals surface area contributed by atoms with Gasteiger partial charge in [-0.15, -0.1) is 0 Å². The van der Waals surface area contributed by atoms with Gasteiger partial charge in [0.1, 0.15) is 5.76 Å². The van der Waals surface area contributed by atoms with Gasteiger partial charge in [0.05, 0.1) is 0 Å². The maximum atomic E-state index is 6.10. The van der Waals surface area contributed by atoms with Gasteiger partial charge in [-0.1, -0.05) is 30.3 Å². The highest BCUT2D eigenvalue weighted by atomic mass is 28.4. The summed E-state index contributed by atoms with van der Waals surface area (Å²) in [4.78, 5) is 0. The highest BCUT2D eigenvalue weighted by Crippen LogP contribution is 2.23. The Hall–Kier alpha value is -1.02. The fraction of sp³-hybridized carbons (Fsp3) is 0.385. The Labute approximate surface area is 93.9 Å². The first-order chi connectivity index (χ1) is 6.90. The third-order valence-electron chi connectivity index (χ3n) is 1.90. The molecule has 0 N–H and O–H groups in total. The molecule has 0 unspecified atom stereocenters. The summed E-state index contributed by atoms with van der Waals surface area (Å²) in [6.45, 7) is 10.8. The van der Waals surface area contributed by atoms with E-state index in [1.165, 1.54) is 11.1 Å². The van der Waals surface area contributed by atoms with E-state index in [-0.39, 0.29) is 0 Å². The Bertz CT molecular complexity index is 343. The molecule has 1 aromatic carbocycles. The third kappa shape index (κ3) is 3.92. The van der Waals surface area contributed by atoms with Crippen LogP contribution >= 0.6 is 0 Å². The molecule has 0 heterocycles. The van der Waals surface area contributed by atoms with Crippen LogP contribution < -0.4 is 0 Å². The average molecular weight is 220 g/mol. The van der Waals surface area contributed by atoms with E-state index in [2.05, 4.69) is 45.6 Å². The Morgan fingerprint density at radius 3 is 1.93 bits per heavy atom. The summed E-state index contributed by atoms with van der Waals surface area (Å²) in [6.07, 6.45) is 0. The third-order valence-corrected chi connectivity index (χ3v) is 2.71. The molecule has 0 amide bonds. The van der Waals surface area contributed by atoms with Crippen molar-refractivity contribution in [2.75, 3.05) is 0 Å². The number of allylic oxidation sites excluding steroid dienone is 1. The van der Waals surface area contributed by atoms with Crippen LogP contribution in [0.5, 0.6) is 0 Å². The standard InChI is InChI=1S/C13H20OSi/c1-11(2)13(14-15(3,4)5)12-9-7-6-8-10-12/h6-10H,1-5H3. The molecule has 0 radical (unpaired) electrons. The summed E-state index contributed by atoms with van der Waals surface area (Å²) in [6, 6.07) is 10.3. The second-order valence-corrected chi connectivity index (χ2v) is 9.34. The zero-order chi connectivity index (χ0) is 11.5. The second-order valence-electron chi connectivity index (χ2n) is 4.91. The van der Waals surface area contributed by atoms with Gasteiger partial charge in [0.15, 0.2) is 0 Å². The lowest BCUT2D eigenvalue weighted by Crippen LogP contribution is -2.24. The van der Waals surface area contributed by atoms with Crippen LogP contribution in [0.1, 0.15) is 19.4 Å². The molecule has 0 aliphatic rings. The Kier molecular flexibility index (Phi) is 3.75. The van der Waals surface area contributed by atoms with E-state index in [0.717, 1.165) is 5.76 Å². The number of rotatable bonds is 3. The number of benzene rings is 1. The zero-order valence-electron chi connectivity index (χ0n) is 10.3. The lowest BCUT2D eigenvalue weighted by molar-refractivity contribution is 0.509. The monoisotopic (exact) mass is 220 g/mol. The molecule has 0 spiro atoms. The molecule has 0 saturated carbocycles. The highest BCUT2D eigenvalue weighted by Gasteiger charge is 2.19. The molecule has 1 aromatic rings. The van der Waals surface area contributed by atoms with Gasteiger partial charge in [-0.25, -0.2) is 0 Å². The number of hydrogen-bond donors (Lipinski definition) is 0. The number of hydrogen-bond acceptors (Lipinski definition) is 1. The fourth-order valence-electron chi connectivity index (χ4n) is 1.35. The molecular weight excluding hydrogens is 200 g/mol. The van der Waals surface area contributed by atoms with E-state index >= 15 is 0 Å². The van der Waals surface area contributed by atoms with Gasteiger partial charge in [0, 0.05) is 5.56 Å². The molecule has 0 aliphatic carbocycles. The minimum atomic E-state index is -1.52. The fourth-order valence-corrected chi connectivity index (χ4v) is 2.28. The van der Waals surface area contributed by atoms with Crippen molar-refractivity contribution in [2.45, 2.75) is 33.5 Å². The first kappa shape index (κ1) is 12.0. The minimum Gasteiger partial charge on any atom is -0.544 e. The van der Waals surface area contributed by atoms with E-state index in [1.54, 1.807) is 0 Å². The van der Waals surface area contributed by atoms with Gasteiger partial charge in [-0.3, -0.25) is 0 Å². The normalized spacial score (nSPS) is 11.0. The maximum Gasteiger partial charge on any atom is 0.242 e. The van der Waals surface area contributed by atoms with Gasteiger partial charge in [-0.05, 0) is 39.1 Å². The van der Waals surface area contributed by atoms with Gasteiger partial charge >= 0.3 is 0 Å². The van der Waals surface area contributed by atoms with E-state index in [0.29, 0.717) is 0 Å². The van der Waals surface area contributed by atoms with E-state index < -0.39 is 8.32 Å². The molecular formula is C13H20OSi. The molecule has 2 heteroatoms. The minimum absolute atomic E-state index is 1.05. The van der Waals surface area contributed by atoms with Crippen LogP contribution in [0.2, 0.25) is 19.6 Å². The van der Waals surface area contributed by atoms with Crippen LogP contribution in [-0.2, 0) is 4.43 Å². The smallest absolute Gasteiger partial charge is 0.242 e. The van der Waals surface area contributed by atoms with Gasteiger partial charge in [0.2, 0.25) is 8.32 Å². The predicted molar refractivity (Wildman–Crippen MR) is 69.1 cm³/mol. The van der Waals surface area contributed by atoms with Gasteiger partial charge < -0.3 is 4.43 Å². The highest BCUT2D eigenvalue weighted by molar-refractivity contribution is 6.70. The predicted octanol–water partition coefficient (Wildman–Crippen LogP) is 4.29. The topological polar surface area (TPSA) is 9.23 Å². The molecule has 0 aliphatic heterocycles. The van der Waals surface area contributed by atoms with Crippen molar-refractivity contribution in [2.24, 2.45) is 0 Å². The van der Waals surface area contributed by atoms with Gasteiger partial charge in [0.25, 0.3) is 0 Å². The second kappa shape index (κ2) is 4.66. The van der Waals surface area contributed by atoms with Crippen LogP contribution in [0.15, 0.2) is 35.9 Å². The van der Waals surface area contributed by atoms with Crippen molar-refractivity contribution >= 4 is 14.1 Å². The Balaban J connectivity index is 3.02. The molecule has 0 bridgehead atoms. The quantitative estimate of drug-likeness (QED) is 0.545. The van der Waals surface area contributed by atoms with E-state index in [9.17, 15) is 0 Å². The van der Waals surface area contributed by atoms with Crippen LogP contribution in [0.25, 0.3) is 5.76 Å². The summed E-state index contributed by atoms with van der Waals surface area (Å²) in [5, 5.41) is 0. The maximum absolute atomic E-state index is 6.10. The van der Waals surface area contributed by atoms with Crippen LogP contribution in [0, 0.1) is 0 Å². The van der Waals surface area contributed by atoms with Gasteiger partial charge in [-0.2, -0.15) is 0 Å². The van der Waals surface area contributed by atoms with Crippen molar-refractivity contribution in [3.05, 3.63) is 41.5 Å². The zero-order valence-corrected chi connectivity index (χ0v) is 11.3. The largest absolute Gasteiger partial charge is 0.544 e. The summed E-state index contributed by atoms with van der Waals surface area (Å²) < 4.78 is 6.10. The summed E-state index contributed by atoms with van der Waals surface area (Å²) >= 11 is 0. The Morgan fingerprint density at radius 2 is 1.53 bits per heavy atom. The molecule has 1 nitrogen and oxygen atoms in total. The lowest BCUT2D eigenvalue weighted by Gasteiger charge is -2.23. The summed E-state index contributed by atoms with van der Waals surface area (Å²) in [5.41, 5.74) is 2.42. The van der Waals surface area contributed by atoms with Crippen molar-refractivity contribution in [1.82, 2.24) is 0 Å². The molecule has 0 saturated heterocycles. The molecule has 15 heavy (non-hydrogen) atoms. The Morgan fingerprint density at radius 1 is 1.00 bits per heavy atom. The van der Waals surface area contributed by atoms with Crippen molar-refractivity contribution in [3.8, 4) is 0 Å². The molecule has 82 valence electrons. The summed E-state index contributed by atoms with van der Waals surface area (Å²) in [7, 11) is -1.52. The van der Waals surface area contributed by atoms with E-state index in [1.807, 2.05) is 18.2 Å². The van der Waals surface area contributed by atoms with Crippen LogP contribution in [0.4, 0.5) is 0 Å². The molecule has 0 aromatic heterocycles. The van der Waals surface area contributed by atoms with Crippen molar-refractivity contribution < 1.29 is 4.43 Å². The van der Waals surface area contributed by atoms with Crippen molar-refractivity contribution in [1.29, 1.82) is 0 Å². The van der Waals surface area contributed by atoms with E-state index in [4.69, 9.17) is 4.43 Å². The first-order valence-electron chi connectivity index (χ1n) is 5.32. The van der Waals surface area contributed by atoms with Crippen LogP contribution in [-0.4, -0.2) is 8.32 Å². The molecule has 0 fully saturated rings. The SMILES string of the molecule is CC(C)=C(O[Si](C)(C)C)c1ccccc1. The summed E-state index contributed by atoms with van der Waals surface area (Å²) in [5.74, 6) is 1.05.